The lowest BCUT2D eigenvalue weighted by Gasteiger charge is -1.99. The smallest absolute Gasteiger partial charge is 0.0751 e. The summed E-state index contributed by atoms with van der Waals surface area (Å²) < 4.78 is 0. The zero-order valence-electron chi connectivity index (χ0n) is 5.69. The average molecular weight is 160 g/mol. The van der Waals surface area contributed by atoms with Crippen LogP contribution in [-0.2, 0) is 0 Å². The van der Waals surface area contributed by atoms with Crippen LogP contribution in [0, 0.1) is 0 Å². The minimum Gasteiger partial charge on any atom is -0.323 e. The van der Waals surface area contributed by atoms with Crippen LogP contribution in [0.25, 0.3) is 0 Å². The Labute approximate surface area is 66.1 Å². The van der Waals surface area contributed by atoms with Crippen LogP contribution >= 0.6 is 12.4 Å². The Balaban J connectivity index is 0.000000810. The molecule has 0 amide bonds. The van der Waals surface area contributed by atoms with Crippen LogP contribution in [0.3, 0.4) is 0 Å². The number of hydrogen-bond donors (Lipinski definition) is 1. The Morgan fingerprint density at radius 3 is 2.50 bits per heavy atom. The Morgan fingerprint density at radius 2 is 2.20 bits per heavy atom. The van der Waals surface area contributed by atoms with E-state index in [1.54, 1.807) is 18.6 Å². The zero-order chi connectivity index (χ0) is 6.69. The van der Waals surface area contributed by atoms with Gasteiger partial charge >= 0.3 is 0 Å². The summed E-state index contributed by atoms with van der Waals surface area (Å²) in [6.45, 7) is 1.88. The Morgan fingerprint density at radius 1 is 1.50 bits per heavy atom. The third-order valence-electron chi connectivity index (χ3n) is 1.05. The van der Waals surface area contributed by atoms with Crippen molar-refractivity contribution in [3.8, 4) is 0 Å². The molecule has 0 aliphatic rings. The van der Waals surface area contributed by atoms with Crippen molar-refractivity contribution in [1.82, 2.24) is 9.97 Å². The number of nitrogens with zero attached hydrogens (tertiary/aromatic N) is 2. The second-order valence-electron chi connectivity index (χ2n) is 1.92. The lowest BCUT2D eigenvalue weighted by Crippen LogP contribution is -2.06. The van der Waals surface area contributed by atoms with Crippen LogP contribution in [0.15, 0.2) is 18.6 Å². The second-order valence-corrected chi connectivity index (χ2v) is 1.92. The van der Waals surface area contributed by atoms with Gasteiger partial charge in [0.1, 0.15) is 0 Å². The van der Waals surface area contributed by atoms with Crippen LogP contribution < -0.4 is 5.73 Å². The first-order valence-corrected chi connectivity index (χ1v) is 2.82. The van der Waals surface area contributed by atoms with Crippen molar-refractivity contribution in [2.75, 3.05) is 0 Å². The fraction of sp³-hybridized carbons (Fsp3) is 0.333. The van der Waals surface area contributed by atoms with Gasteiger partial charge in [0.2, 0.25) is 0 Å². The van der Waals surface area contributed by atoms with Crippen molar-refractivity contribution in [2.24, 2.45) is 5.73 Å². The standard InChI is InChI=1S/C6H9N3.ClH/c1-5(7)6-4-8-2-3-9-6;/h2-5H,7H2,1H3;1H/t5-;/m1./s1. The maximum atomic E-state index is 5.51. The number of nitrogens with two attached hydrogens (primary N) is 1. The van der Waals surface area contributed by atoms with Gasteiger partial charge in [0.05, 0.1) is 5.69 Å². The summed E-state index contributed by atoms with van der Waals surface area (Å²) in [5.74, 6) is 0. The van der Waals surface area contributed by atoms with Gasteiger partial charge < -0.3 is 5.73 Å². The third-order valence-corrected chi connectivity index (χ3v) is 1.05. The van der Waals surface area contributed by atoms with Crippen molar-refractivity contribution in [3.05, 3.63) is 24.3 Å². The molecule has 0 radical (unpaired) electrons. The number of halogens is 1. The van der Waals surface area contributed by atoms with Crippen LogP contribution in [0.2, 0.25) is 0 Å². The van der Waals surface area contributed by atoms with E-state index in [0.717, 1.165) is 5.69 Å². The van der Waals surface area contributed by atoms with Gasteiger partial charge in [-0.1, -0.05) is 0 Å². The molecule has 2 N–H and O–H groups in total. The molecule has 1 aromatic heterocycles. The molecule has 0 aromatic carbocycles. The first kappa shape index (κ1) is 9.33. The minimum absolute atomic E-state index is 0. The molecule has 0 aliphatic heterocycles. The van der Waals surface area contributed by atoms with Gasteiger partial charge in [-0.15, -0.1) is 12.4 Å². The Bertz CT molecular complexity index is 176. The van der Waals surface area contributed by atoms with E-state index in [1.165, 1.54) is 0 Å². The molecule has 10 heavy (non-hydrogen) atoms. The van der Waals surface area contributed by atoms with E-state index in [0.29, 0.717) is 0 Å². The molecule has 1 heterocycles. The lowest BCUT2D eigenvalue weighted by atomic mass is 10.3. The first-order chi connectivity index (χ1) is 4.30. The predicted molar refractivity (Wildman–Crippen MR) is 41.9 cm³/mol. The van der Waals surface area contributed by atoms with Crippen molar-refractivity contribution >= 4 is 12.4 Å². The summed E-state index contributed by atoms with van der Waals surface area (Å²) in [7, 11) is 0. The number of aromatic nitrogens is 2. The molecule has 1 rings (SSSR count). The van der Waals surface area contributed by atoms with Gasteiger partial charge in [0.25, 0.3) is 0 Å². The number of rotatable bonds is 1. The zero-order valence-corrected chi connectivity index (χ0v) is 6.51. The quantitative estimate of drug-likeness (QED) is 0.663. The fourth-order valence-electron chi connectivity index (χ4n) is 0.546. The maximum absolute atomic E-state index is 5.51. The normalized spacial score (nSPS) is 11.8. The monoisotopic (exact) mass is 159 g/mol. The average Bonchev–Trinajstić information content (AvgIpc) is 1.90. The minimum atomic E-state index is -0.0151. The molecule has 0 fully saturated rings. The molecule has 1 aromatic rings. The highest BCUT2D eigenvalue weighted by atomic mass is 35.5. The molecular formula is C6H10ClN3. The van der Waals surface area contributed by atoms with Crippen molar-refractivity contribution < 1.29 is 0 Å². The van der Waals surface area contributed by atoms with E-state index in [1.807, 2.05) is 6.92 Å². The highest BCUT2D eigenvalue weighted by Crippen LogP contribution is 2.00. The Hall–Kier alpha value is -0.670. The molecule has 4 heteroatoms. The molecule has 0 bridgehead atoms. The lowest BCUT2D eigenvalue weighted by molar-refractivity contribution is 0.772. The van der Waals surface area contributed by atoms with E-state index in [2.05, 4.69) is 9.97 Å². The number of hydrogen-bond acceptors (Lipinski definition) is 3. The van der Waals surface area contributed by atoms with Crippen LogP contribution in [0.5, 0.6) is 0 Å². The van der Waals surface area contributed by atoms with Crippen LogP contribution in [-0.4, -0.2) is 9.97 Å². The van der Waals surface area contributed by atoms with Crippen molar-refractivity contribution in [1.29, 1.82) is 0 Å². The molecule has 56 valence electrons. The molecule has 0 saturated heterocycles. The summed E-state index contributed by atoms with van der Waals surface area (Å²) >= 11 is 0. The van der Waals surface area contributed by atoms with Gasteiger partial charge in [0.15, 0.2) is 0 Å². The highest BCUT2D eigenvalue weighted by molar-refractivity contribution is 5.85. The molecule has 0 spiro atoms. The SMILES string of the molecule is C[C@@H](N)c1cnccn1.Cl. The maximum Gasteiger partial charge on any atom is 0.0751 e. The van der Waals surface area contributed by atoms with E-state index in [4.69, 9.17) is 5.73 Å². The fourth-order valence-corrected chi connectivity index (χ4v) is 0.546. The van der Waals surface area contributed by atoms with Crippen LogP contribution in [0.1, 0.15) is 18.7 Å². The topological polar surface area (TPSA) is 51.8 Å². The van der Waals surface area contributed by atoms with Crippen molar-refractivity contribution in [3.63, 3.8) is 0 Å². The van der Waals surface area contributed by atoms with Crippen LogP contribution in [0.4, 0.5) is 0 Å². The van der Waals surface area contributed by atoms with E-state index < -0.39 is 0 Å². The third kappa shape index (κ3) is 2.29. The largest absolute Gasteiger partial charge is 0.323 e. The Kier molecular flexibility index (Phi) is 3.91. The summed E-state index contributed by atoms with van der Waals surface area (Å²) in [5, 5.41) is 0. The molecule has 1 atom stereocenters. The van der Waals surface area contributed by atoms with Gasteiger partial charge in [-0.2, -0.15) is 0 Å². The second kappa shape index (κ2) is 4.19. The predicted octanol–water partition coefficient (Wildman–Crippen LogP) is 0.918. The van der Waals surface area contributed by atoms with E-state index >= 15 is 0 Å². The summed E-state index contributed by atoms with van der Waals surface area (Å²) in [6.07, 6.45) is 4.94. The van der Waals surface area contributed by atoms with E-state index in [9.17, 15) is 0 Å². The molecule has 0 aliphatic carbocycles. The molecule has 3 nitrogen and oxygen atoms in total. The van der Waals surface area contributed by atoms with Gasteiger partial charge in [0, 0.05) is 24.6 Å². The summed E-state index contributed by atoms with van der Waals surface area (Å²) in [4.78, 5) is 7.85. The van der Waals surface area contributed by atoms with Crippen molar-refractivity contribution in [2.45, 2.75) is 13.0 Å². The first-order valence-electron chi connectivity index (χ1n) is 2.82. The van der Waals surface area contributed by atoms with Gasteiger partial charge in [-0.25, -0.2) is 0 Å². The van der Waals surface area contributed by atoms with E-state index in [-0.39, 0.29) is 18.4 Å². The summed E-state index contributed by atoms with van der Waals surface area (Å²) in [5.41, 5.74) is 6.34. The highest BCUT2D eigenvalue weighted by Gasteiger charge is 1.96. The molecular weight excluding hydrogens is 150 g/mol. The summed E-state index contributed by atoms with van der Waals surface area (Å²) in [6, 6.07) is -0.0151. The molecule has 0 saturated carbocycles. The molecule has 0 unspecified atom stereocenters. The van der Waals surface area contributed by atoms with Gasteiger partial charge in [-0.05, 0) is 6.92 Å². The van der Waals surface area contributed by atoms with Gasteiger partial charge in [-0.3, -0.25) is 9.97 Å².